The van der Waals surface area contributed by atoms with Crippen LogP contribution in [0.25, 0.3) is 0 Å². The Hall–Kier alpha value is -1.33. The topological polar surface area (TPSA) is 71.5 Å². The van der Waals surface area contributed by atoms with E-state index in [-0.39, 0.29) is 5.56 Å². The molecule has 0 amide bonds. The number of rotatable bonds is 5. The van der Waals surface area contributed by atoms with Gasteiger partial charge in [0.25, 0.3) is 5.56 Å². The van der Waals surface area contributed by atoms with Crippen molar-refractivity contribution < 1.29 is 5.11 Å². The summed E-state index contributed by atoms with van der Waals surface area (Å²) >= 11 is 0. The second-order valence-electron chi connectivity index (χ2n) is 5.04. The van der Waals surface area contributed by atoms with Crippen molar-refractivity contribution in [3.05, 3.63) is 28.7 Å². The molecule has 0 aliphatic carbocycles. The summed E-state index contributed by atoms with van der Waals surface area (Å²) < 4.78 is 1.58. The molecule has 5 heteroatoms. The van der Waals surface area contributed by atoms with Gasteiger partial charge in [0.15, 0.2) is 0 Å². The quantitative estimate of drug-likeness (QED) is 0.766. The van der Waals surface area contributed by atoms with Gasteiger partial charge in [-0.25, -0.2) is 0 Å². The lowest BCUT2D eigenvalue weighted by molar-refractivity contribution is 0.0437. The molecular formula is C12H21N3O2. The fraction of sp³-hybridized carbons (Fsp3) is 0.583. The number of likely N-dealkylation sites (N-methyl/N-ethyl adjacent to an activating group) is 1. The van der Waals surface area contributed by atoms with Gasteiger partial charge < -0.3 is 20.3 Å². The Morgan fingerprint density at radius 1 is 1.47 bits per heavy atom. The Kier molecular flexibility index (Phi) is 4.31. The molecular weight excluding hydrogens is 218 g/mol. The van der Waals surface area contributed by atoms with E-state index in [1.54, 1.807) is 30.7 Å². The molecule has 1 aromatic rings. The molecule has 0 radical (unpaired) electrons. The first-order valence-corrected chi connectivity index (χ1v) is 5.65. The highest BCUT2D eigenvalue weighted by Gasteiger charge is 2.15. The Labute approximate surface area is 101 Å². The molecule has 0 saturated heterocycles. The van der Waals surface area contributed by atoms with Crippen molar-refractivity contribution >= 4 is 5.69 Å². The summed E-state index contributed by atoms with van der Waals surface area (Å²) in [6.07, 6.45) is 1.64. The predicted octanol–water partition coefficient (Wildman–Crippen LogP) is 0.133. The van der Waals surface area contributed by atoms with Gasteiger partial charge >= 0.3 is 0 Å². The number of anilines is 1. The summed E-state index contributed by atoms with van der Waals surface area (Å²) in [6.45, 7) is 5.33. The summed E-state index contributed by atoms with van der Waals surface area (Å²) in [7, 11) is 1.91. The van der Waals surface area contributed by atoms with Gasteiger partial charge in [-0.2, -0.15) is 0 Å². The molecule has 0 bridgehead atoms. The van der Waals surface area contributed by atoms with E-state index in [0.29, 0.717) is 25.3 Å². The zero-order valence-corrected chi connectivity index (χ0v) is 10.7. The molecule has 1 aromatic heterocycles. The van der Waals surface area contributed by atoms with E-state index in [1.807, 2.05) is 11.9 Å². The third kappa shape index (κ3) is 5.01. The van der Waals surface area contributed by atoms with Gasteiger partial charge in [0.1, 0.15) is 0 Å². The van der Waals surface area contributed by atoms with Crippen LogP contribution in [-0.4, -0.2) is 40.3 Å². The van der Waals surface area contributed by atoms with E-state index in [9.17, 15) is 9.90 Å². The number of hydrogen-bond acceptors (Lipinski definition) is 4. The molecule has 0 spiro atoms. The Morgan fingerprint density at radius 2 is 2.12 bits per heavy atom. The van der Waals surface area contributed by atoms with Crippen molar-refractivity contribution in [3.63, 3.8) is 0 Å². The van der Waals surface area contributed by atoms with Crippen molar-refractivity contribution in [2.45, 2.75) is 26.0 Å². The van der Waals surface area contributed by atoms with Crippen LogP contribution >= 0.6 is 0 Å². The lowest BCUT2D eigenvalue weighted by atomic mass is 10.1. The fourth-order valence-electron chi connectivity index (χ4n) is 1.74. The van der Waals surface area contributed by atoms with Gasteiger partial charge in [0.2, 0.25) is 0 Å². The number of hydrogen-bond donors (Lipinski definition) is 2. The minimum atomic E-state index is -0.727. The maximum absolute atomic E-state index is 11.5. The average Bonchev–Trinajstić information content (AvgIpc) is 2.17. The van der Waals surface area contributed by atoms with Gasteiger partial charge in [-0.05, 0) is 27.0 Å². The van der Waals surface area contributed by atoms with E-state index in [1.165, 1.54) is 6.07 Å². The summed E-state index contributed by atoms with van der Waals surface area (Å²) in [5, 5.41) is 9.65. The summed E-state index contributed by atoms with van der Waals surface area (Å²) in [4.78, 5) is 13.5. The Balaban J connectivity index is 2.56. The Bertz CT molecular complexity index is 420. The van der Waals surface area contributed by atoms with Crippen LogP contribution in [0.4, 0.5) is 5.69 Å². The smallest absolute Gasteiger partial charge is 0.250 e. The van der Waals surface area contributed by atoms with Crippen LogP contribution in [0.5, 0.6) is 0 Å². The predicted molar refractivity (Wildman–Crippen MR) is 68.9 cm³/mol. The lowest BCUT2D eigenvalue weighted by Gasteiger charge is -2.25. The number of pyridine rings is 1. The first-order chi connectivity index (χ1) is 7.78. The van der Waals surface area contributed by atoms with Crippen LogP contribution in [-0.2, 0) is 6.54 Å². The Morgan fingerprint density at radius 3 is 2.71 bits per heavy atom. The highest BCUT2D eigenvalue weighted by Crippen LogP contribution is 2.03. The molecule has 0 unspecified atom stereocenters. The van der Waals surface area contributed by atoms with Gasteiger partial charge in [0, 0.05) is 37.6 Å². The van der Waals surface area contributed by atoms with Crippen LogP contribution in [0.2, 0.25) is 0 Å². The number of nitrogens with two attached hydrogens (primary N) is 1. The molecule has 3 N–H and O–H groups in total. The first-order valence-electron chi connectivity index (χ1n) is 5.65. The third-order valence-electron chi connectivity index (χ3n) is 2.39. The van der Waals surface area contributed by atoms with Gasteiger partial charge in [-0.15, -0.1) is 0 Å². The maximum Gasteiger partial charge on any atom is 0.250 e. The maximum atomic E-state index is 11.5. The van der Waals surface area contributed by atoms with Crippen LogP contribution in [0, 0.1) is 0 Å². The monoisotopic (exact) mass is 239 g/mol. The van der Waals surface area contributed by atoms with Crippen LogP contribution in [0.1, 0.15) is 13.8 Å². The highest BCUT2D eigenvalue weighted by molar-refractivity contribution is 5.33. The van der Waals surface area contributed by atoms with E-state index >= 15 is 0 Å². The molecule has 5 nitrogen and oxygen atoms in total. The fourth-order valence-corrected chi connectivity index (χ4v) is 1.74. The molecule has 0 atom stereocenters. The molecule has 0 aromatic carbocycles. The second-order valence-corrected chi connectivity index (χ2v) is 5.04. The lowest BCUT2D eigenvalue weighted by Crippen LogP contribution is -2.38. The molecule has 0 aliphatic rings. The van der Waals surface area contributed by atoms with Crippen molar-refractivity contribution in [2.75, 3.05) is 25.9 Å². The van der Waals surface area contributed by atoms with Crippen molar-refractivity contribution in [3.8, 4) is 0 Å². The third-order valence-corrected chi connectivity index (χ3v) is 2.39. The van der Waals surface area contributed by atoms with Crippen LogP contribution in [0.15, 0.2) is 23.1 Å². The number of aliphatic hydroxyl groups is 1. The van der Waals surface area contributed by atoms with Gasteiger partial charge in [-0.1, -0.05) is 0 Å². The SMILES string of the molecule is CN(CCn1cc(N)ccc1=O)CC(C)(C)O. The first kappa shape index (κ1) is 13.7. The molecule has 0 saturated carbocycles. The largest absolute Gasteiger partial charge is 0.398 e. The zero-order chi connectivity index (χ0) is 13.1. The van der Waals surface area contributed by atoms with E-state index in [4.69, 9.17) is 5.73 Å². The standard InChI is InChI=1S/C12H21N3O2/c1-12(2,17)9-14(3)6-7-15-8-10(13)4-5-11(15)16/h4-5,8,17H,6-7,9,13H2,1-3H3. The highest BCUT2D eigenvalue weighted by atomic mass is 16.3. The normalized spacial score (nSPS) is 12.1. The molecule has 1 rings (SSSR count). The zero-order valence-electron chi connectivity index (χ0n) is 10.7. The number of nitrogens with zero attached hydrogens (tertiary/aromatic N) is 2. The summed E-state index contributed by atoms with van der Waals surface area (Å²) in [5.74, 6) is 0. The van der Waals surface area contributed by atoms with Crippen molar-refractivity contribution in [2.24, 2.45) is 0 Å². The average molecular weight is 239 g/mol. The van der Waals surface area contributed by atoms with E-state index in [2.05, 4.69) is 0 Å². The van der Waals surface area contributed by atoms with Crippen LogP contribution in [0.3, 0.4) is 0 Å². The van der Waals surface area contributed by atoms with Crippen molar-refractivity contribution in [1.82, 2.24) is 9.47 Å². The van der Waals surface area contributed by atoms with Gasteiger partial charge in [-0.3, -0.25) is 4.79 Å². The van der Waals surface area contributed by atoms with Crippen LogP contribution < -0.4 is 11.3 Å². The van der Waals surface area contributed by atoms with E-state index in [0.717, 1.165) is 0 Å². The molecule has 17 heavy (non-hydrogen) atoms. The molecule has 0 fully saturated rings. The second kappa shape index (κ2) is 5.33. The molecule has 1 heterocycles. The number of aromatic nitrogens is 1. The minimum absolute atomic E-state index is 0.0594. The van der Waals surface area contributed by atoms with Gasteiger partial charge in [0.05, 0.1) is 5.60 Å². The minimum Gasteiger partial charge on any atom is -0.398 e. The van der Waals surface area contributed by atoms with E-state index < -0.39 is 5.60 Å². The van der Waals surface area contributed by atoms with Crippen molar-refractivity contribution in [1.29, 1.82) is 0 Å². The summed E-state index contributed by atoms with van der Waals surface area (Å²) in [5.41, 5.74) is 5.41. The summed E-state index contributed by atoms with van der Waals surface area (Å²) in [6, 6.07) is 3.06. The molecule has 0 aliphatic heterocycles. The number of nitrogen functional groups attached to an aromatic ring is 1. The molecule has 96 valence electrons.